The van der Waals surface area contributed by atoms with Gasteiger partial charge in [0.1, 0.15) is 41.9 Å². The number of fused-ring (bicyclic) bond motifs is 40. The molecule has 49 heteroatoms. The first-order valence-corrected chi connectivity index (χ1v) is 41.8. The fourth-order valence-corrected chi connectivity index (χ4v) is 14.9. The topological polar surface area (TPSA) is 546 Å². The van der Waals surface area contributed by atoms with Crippen LogP contribution in [0.4, 0.5) is 0 Å². The van der Waals surface area contributed by atoms with Crippen LogP contribution in [0.25, 0.3) is 204 Å². The molecule has 16 aromatic rings. The molecule has 0 atom stereocenters. The number of ether oxygens (including phenoxy) is 1. The summed E-state index contributed by atoms with van der Waals surface area (Å²) in [6, 6.07) is 62.0. The Balaban J connectivity index is 0.000000887. The van der Waals surface area contributed by atoms with Gasteiger partial charge in [0.25, 0.3) is 0 Å². The quantitative estimate of drug-likeness (QED) is 0.0560. The van der Waals surface area contributed by atoms with Crippen LogP contribution >= 0.6 is 0 Å². The normalized spacial score (nSPS) is 11.3. The van der Waals surface area contributed by atoms with E-state index < -0.39 is 72.0 Å². The van der Waals surface area contributed by atoms with Crippen LogP contribution in [0.3, 0.4) is 0 Å². The Morgan fingerprint density at radius 3 is 1.05 bits per heavy atom. The molecule has 0 saturated heterocycles. The fraction of sp³-hybridized carbons (Fsp3) is 0. The summed E-state index contributed by atoms with van der Waals surface area (Å²) in [4.78, 5) is 78.7. The molecule has 0 amide bonds. The van der Waals surface area contributed by atoms with Crippen molar-refractivity contribution < 1.29 is 293 Å². The van der Waals surface area contributed by atoms with Crippen LogP contribution in [0.15, 0.2) is 209 Å². The van der Waals surface area contributed by atoms with E-state index in [9.17, 15) is 38.9 Å². The van der Waals surface area contributed by atoms with Gasteiger partial charge in [0.2, 0.25) is 0 Å². The Morgan fingerprint density at radius 1 is 0.264 bits per heavy atom. The van der Waals surface area contributed by atoms with Gasteiger partial charge in [0.05, 0.1) is 55.5 Å². The van der Waals surface area contributed by atoms with Crippen molar-refractivity contribution in [3.05, 3.63) is 235 Å². The second-order valence-corrected chi connectivity index (χ2v) is 31.4. The minimum absolute atomic E-state index is 0. The summed E-state index contributed by atoms with van der Waals surface area (Å²) < 4.78 is 194. The van der Waals surface area contributed by atoms with Crippen molar-refractivity contribution >= 4 is 175 Å². The van der Waals surface area contributed by atoms with Crippen molar-refractivity contribution in [2.24, 2.45) is 0 Å². The van der Waals surface area contributed by atoms with Crippen molar-refractivity contribution in [3.63, 3.8) is 0 Å². The summed E-state index contributed by atoms with van der Waals surface area (Å²) >= 11 is 0. The zero-order chi connectivity index (χ0) is 84.5. The predicted octanol–water partition coefficient (Wildman–Crippen LogP) is -8.18. The van der Waals surface area contributed by atoms with Gasteiger partial charge in [-0.3, -0.25) is 4.98 Å². The molecule has 0 fully saturated rings. The monoisotopic (exact) mass is 1980 g/mol. The van der Waals surface area contributed by atoms with Crippen molar-refractivity contribution in [2.45, 2.75) is 14.7 Å². The molecular formula is C80H36Cu2N16Na6O19S6. The third-order valence-electron chi connectivity index (χ3n) is 18.7. The van der Waals surface area contributed by atoms with Crippen LogP contribution in [0, 0.1) is 18.2 Å². The molecule has 16 bridgehead atoms. The Morgan fingerprint density at radius 2 is 0.558 bits per heavy atom. The molecule has 20 rings (SSSR count). The third kappa shape index (κ3) is 22.9. The fourth-order valence-electron chi connectivity index (χ4n) is 13.5. The maximum Gasteiger partial charge on any atom is 2.00 e. The number of rotatable bonds is 9. The van der Waals surface area contributed by atoms with Gasteiger partial charge in [0.15, 0.2) is 0 Å². The Labute approximate surface area is 886 Å². The minimum atomic E-state index is -5.02. The molecular weight excluding hydrogens is 1950 g/mol. The SMILES string of the molecule is O=S(=O)([O-])c1ccc(C=Cc2ccc3c(c2)-c2nc-3nc3[n-]c(nc4nc(nc5[n-]c(n2)c2ccc(S(=O)(=O)[O-])cc52)-c2ccc(Oc5ccc6c7nc8nc(nc9[n-]c(nc%10nc(nc([n-]7)c6c5)-c5cc(S(=O)(=O)[O-])ccc5-%10)c5cc(C=Cc6cc[c-]cc6)ccc95)-c5c[c-]ccc5-8)cc2-4)c2cc[c-]cc32)cc1.O=S(=O)=O.O=S(=O)=O.O=S(=O)=O.[Cu+2].[Cu+2].[Na+].[Na+].[Na+].[Na+].[Na+].[Na+]. The molecule has 6 aromatic heterocycles. The zero-order valence-electron chi connectivity index (χ0n) is 66.7. The summed E-state index contributed by atoms with van der Waals surface area (Å²) in [7, 11) is -24.0. The van der Waals surface area contributed by atoms with Gasteiger partial charge in [-0.2, -0.15) is 78.9 Å². The molecule has 0 N–H and O–H groups in total. The second kappa shape index (κ2) is 43.2. The molecule has 2 radical (unpaired) electrons. The van der Waals surface area contributed by atoms with Crippen LogP contribution < -0.4 is 202 Å². The summed E-state index contributed by atoms with van der Waals surface area (Å²) in [6.45, 7) is 0. The first kappa shape index (κ1) is 105. The number of nitrogens with zero attached hydrogens (tertiary/aromatic N) is 16. The van der Waals surface area contributed by atoms with Crippen molar-refractivity contribution in [3.8, 4) is 103 Å². The van der Waals surface area contributed by atoms with E-state index in [0.29, 0.717) is 99.2 Å². The van der Waals surface area contributed by atoms with E-state index in [2.05, 4.69) is 18.2 Å². The van der Waals surface area contributed by atoms with Crippen LogP contribution in [0.2, 0.25) is 0 Å². The van der Waals surface area contributed by atoms with Crippen LogP contribution in [-0.2, 0) is 96.3 Å². The van der Waals surface area contributed by atoms with E-state index in [0.717, 1.165) is 17.2 Å². The Hall–Kier alpha value is -8.17. The van der Waals surface area contributed by atoms with Gasteiger partial charge in [-0.1, -0.05) is 84.0 Å². The summed E-state index contributed by atoms with van der Waals surface area (Å²) in [5.74, 6) is 1.78. The van der Waals surface area contributed by atoms with Gasteiger partial charge in [0, 0.05) is 73.1 Å². The number of hydrogen-bond acceptors (Lipinski definition) is 31. The van der Waals surface area contributed by atoms with Crippen LogP contribution in [-0.4, -0.2) is 137 Å². The standard InChI is InChI=1S/C80H39N16O10S3.2Cu.6Na.3O3S/c97-107(98,99)46-24-18-41(19-25-46)15-17-43-21-29-54-60(35-43)76-88-70(54)84-67-51-12-6-7-13-52(51)68(82-67)86-77-61-36-44(23-31-56(61)72(92-77)93-79-63-38-47(108(100,101)102)26-32-57(63)73(89-76)94-79)106-45-22-30-55-62(37-45)78-91-71(55)85-66-50-11-5-4-10-49(50)65(81-66)83-69-53-28-20-42(16-14-40-8-2-1-3-9-40)34-59(53)75(87-69)90-74-58-33-27-48(109(103,104)105)39-64(58)80(95-74)96-78;;;;;;;;;3*1-4(2)3/h2-3,5,7-39H,(H3-4,81,82,83,84,85,86,87,88,89,90,91,92,93,94,95,96,97,98,99,100,101,102,103,104,105);;;;;;;;;;;/q-7;2*+2;6*+1;;;/p-3. The number of benzene rings is 10. The average Bonchev–Trinajstić information content (AvgIpc) is 1.60. The van der Waals surface area contributed by atoms with Gasteiger partial charge >= 0.3 is 243 Å². The third-order valence-corrected chi connectivity index (χ3v) is 21.2. The smallest absolute Gasteiger partial charge is 0.744 e. The van der Waals surface area contributed by atoms with E-state index in [1.54, 1.807) is 84.9 Å². The first-order valence-electron chi connectivity index (χ1n) is 34.5. The minimum Gasteiger partial charge on any atom is -0.744 e. The zero-order valence-corrected chi connectivity index (χ0v) is 85.5. The molecule has 4 aliphatic rings. The summed E-state index contributed by atoms with van der Waals surface area (Å²) in [6.07, 6.45) is 7.45. The molecule has 4 aliphatic heterocycles. The van der Waals surface area contributed by atoms with E-state index in [1.807, 2.05) is 72.8 Å². The number of hydrogen-bond donors (Lipinski definition) is 0. The van der Waals surface area contributed by atoms with Crippen LogP contribution in [0.5, 0.6) is 11.5 Å². The molecule has 10 heterocycles. The maximum atomic E-state index is 12.7. The number of aromatic nitrogens is 16. The van der Waals surface area contributed by atoms with Crippen LogP contribution in [0.1, 0.15) is 22.3 Å². The van der Waals surface area contributed by atoms with Crippen molar-refractivity contribution in [2.75, 3.05) is 0 Å². The van der Waals surface area contributed by atoms with E-state index in [1.165, 1.54) is 54.6 Å². The second-order valence-electron chi connectivity index (χ2n) is 26.0. The maximum absolute atomic E-state index is 12.7. The molecule has 0 spiro atoms. The van der Waals surface area contributed by atoms with Gasteiger partial charge in [-0.15, -0.1) is 54.2 Å². The van der Waals surface area contributed by atoms with Gasteiger partial charge in [-0.25, -0.2) is 40.2 Å². The van der Waals surface area contributed by atoms with E-state index in [4.69, 9.17) is 122 Å². The Kier molecular flexibility index (Phi) is 35.0. The van der Waals surface area contributed by atoms with E-state index >= 15 is 0 Å². The van der Waals surface area contributed by atoms with Crippen molar-refractivity contribution in [1.29, 1.82) is 0 Å². The molecule has 129 heavy (non-hydrogen) atoms. The molecule has 10 aromatic carbocycles. The Bertz CT molecular complexity index is 8380. The molecule has 0 saturated carbocycles. The largest absolute Gasteiger partial charge is 2.00 e. The predicted molar refractivity (Wildman–Crippen MR) is 428 cm³/mol. The van der Waals surface area contributed by atoms with Crippen molar-refractivity contribution in [1.82, 2.24) is 79.7 Å². The first-order chi connectivity index (χ1) is 58.0. The molecule has 614 valence electrons. The van der Waals surface area contributed by atoms with Gasteiger partial charge < -0.3 is 78.2 Å². The molecule has 35 nitrogen and oxygen atoms in total. The average molecular weight is 1980 g/mol. The molecule has 0 unspecified atom stereocenters. The van der Waals surface area contributed by atoms with Gasteiger partial charge in [-0.05, 0) is 145 Å². The summed E-state index contributed by atoms with van der Waals surface area (Å²) in [5.41, 5.74) is 8.02. The van der Waals surface area contributed by atoms with E-state index in [-0.39, 0.29) is 319 Å². The summed E-state index contributed by atoms with van der Waals surface area (Å²) in [5, 5.41) is 3.77. The molecule has 0 aliphatic carbocycles.